The van der Waals surface area contributed by atoms with Crippen LogP contribution in [-0.2, 0) is 14.9 Å². The number of hydrogen-bond acceptors (Lipinski definition) is 4. The summed E-state index contributed by atoms with van der Waals surface area (Å²) >= 11 is 0. The van der Waals surface area contributed by atoms with E-state index in [2.05, 4.69) is 46.0 Å². The topological polar surface area (TPSA) is 59.1 Å². The molecule has 0 N–H and O–H groups in total. The molecule has 1 saturated heterocycles. The predicted molar refractivity (Wildman–Crippen MR) is 139 cm³/mol. The van der Waals surface area contributed by atoms with E-state index in [1.807, 2.05) is 57.2 Å². The average Bonchev–Trinajstić information content (AvgIpc) is 2.72. The molecule has 1 fully saturated rings. The van der Waals surface area contributed by atoms with Crippen molar-refractivity contribution in [1.29, 1.82) is 0 Å². The Balaban J connectivity index is 2.03. The smallest absolute Gasteiger partial charge is 0.411 e. The van der Waals surface area contributed by atoms with Gasteiger partial charge < -0.3 is 14.1 Å². The highest BCUT2D eigenvalue weighted by atomic mass is 28.3. The van der Waals surface area contributed by atoms with Gasteiger partial charge in [-0.25, -0.2) is 4.79 Å². The third-order valence-electron chi connectivity index (χ3n) is 5.60. The number of benzene rings is 2. The molecule has 1 heterocycles. The first-order valence-corrected chi connectivity index (χ1v) is 14.7. The Bertz CT molecular complexity index is 1030. The number of nitrogens with zero attached hydrogens (tertiary/aromatic N) is 2. The predicted octanol–water partition coefficient (Wildman–Crippen LogP) is 5.67. The number of hydrogen-bond donors (Lipinski definition) is 0. The first kappa shape index (κ1) is 25.8. The second-order valence-corrected chi connectivity index (χ2v) is 13.4. The van der Waals surface area contributed by atoms with Crippen molar-refractivity contribution in [3.63, 3.8) is 0 Å². The monoisotopic (exact) mass is 482 g/mol. The van der Waals surface area contributed by atoms with Gasteiger partial charge in [0.25, 0.3) is 5.91 Å². The van der Waals surface area contributed by atoms with E-state index in [9.17, 15) is 9.59 Å². The number of piperazine rings is 1. The lowest BCUT2D eigenvalue weighted by Crippen LogP contribution is -2.55. The van der Waals surface area contributed by atoms with E-state index >= 15 is 0 Å². The molecule has 3 rings (SSSR count). The van der Waals surface area contributed by atoms with Crippen LogP contribution in [0.15, 0.2) is 48.5 Å². The van der Waals surface area contributed by atoms with Gasteiger partial charge in [0.15, 0.2) is 0 Å². The molecule has 2 amide bonds. The highest BCUT2D eigenvalue weighted by Gasteiger charge is 2.41. The Morgan fingerprint density at radius 1 is 0.971 bits per heavy atom. The van der Waals surface area contributed by atoms with Crippen LogP contribution in [0.3, 0.4) is 0 Å². The summed E-state index contributed by atoms with van der Waals surface area (Å²) in [5.74, 6) is 0.571. The molecular formula is C27H38N2O4Si. The molecule has 6 nitrogen and oxygen atoms in total. The van der Waals surface area contributed by atoms with Gasteiger partial charge in [0.2, 0.25) is 9.04 Å². The van der Waals surface area contributed by atoms with Crippen LogP contribution in [0.5, 0.6) is 5.75 Å². The first-order valence-electron chi connectivity index (χ1n) is 11.9. The molecule has 7 heteroatoms. The number of rotatable bonds is 4. The maximum absolute atomic E-state index is 14.0. The molecule has 34 heavy (non-hydrogen) atoms. The minimum absolute atomic E-state index is 0.0405. The van der Waals surface area contributed by atoms with E-state index in [-0.39, 0.29) is 11.3 Å². The van der Waals surface area contributed by atoms with E-state index in [0.29, 0.717) is 13.1 Å². The molecule has 0 bridgehead atoms. The third kappa shape index (κ3) is 6.00. The van der Waals surface area contributed by atoms with E-state index in [1.54, 1.807) is 9.80 Å². The van der Waals surface area contributed by atoms with Crippen LogP contribution in [-0.4, -0.2) is 44.6 Å². The van der Waals surface area contributed by atoms with E-state index < -0.39 is 26.8 Å². The summed E-state index contributed by atoms with van der Waals surface area (Å²) < 4.78 is 11.9. The fraction of sp³-hybridized carbons (Fsp3) is 0.481. The Morgan fingerprint density at radius 2 is 1.62 bits per heavy atom. The molecule has 0 aromatic heterocycles. The molecule has 184 valence electrons. The lowest BCUT2D eigenvalue weighted by molar-refractivity contribution is -0.126. The van der Waals surface area contributed by atoms with Crippen LogP contribution < -0.4 is 9.33 Å². The van der Waals surface area contributed by atoms with Crippen molar-refractivity contribution in [3.05, 3.63) is 59.7 Å². The summed E-state index contributed by atoms with van der Waals surface area (Å²) in [4.78, 5) is 30.3. The Morgan fingerprint density at radius 3 is 2.18 bits per heavy atom. The quantitative estimate of drug-likeness (QED) is 0.527. The molecule has 1 aliphatic rings. The molecule has 1 unspecified atom stereocenters. The normalized spacial score (nSPS) is 17.2. The number of ether oxygens (including phenoxy) is 1. The molecule has 0 saturated carbocycles. The van der Waals surface area contributed by atoms with Crippen LogP contribution in [0.2, 0.25) is 13.1 Å². The summed E-state index contributed by atoms with van der Waals surface area (Å²) in [6.07, 6.45) is -0.483. The standard InChI is InChI=1S/C27H38N2O4Si/c1-26(2,3)20-14-15-21(22(18-20)33-34(7)8)28-16-17-29(25(31)32-27(4,5)6)23(24(28)30)19-12-10-9-11-13-19/h9-15,18,23,34H,16-17H2,1-8H3. The van der Waals surface area contributed by atoms with Gasteiger partial charge in [-0.3, -0.25) is 9.69 Å². The van der Waals surface area contributed by atoms with Gasteiger partial charge in [0.1, 0.15) is 17.4 Å². The Labute approximate surface area is 205 Å². The highest BCUT2D eigenvalue weighted by molar-refractivity contribution is 6.49. The minimum Gasteiger partial charge on any atom is -0.546 e. The summed E-state index contributed by atoms with van der Waals surface area (Å²) in [7, 11) is -1.43. The van der Waals surface area contributed by atoms with Gasteiger partial charge in [-0.15, -0.1) is 0 Å². The SMILES string of the molecule is C[SiH](C)Oc1cc(C(C)(C)C)ccc1N1CCN(C(=O)OC(C)(C)C)C(c2ccccc2)C1=O. The van der Waals surface area contributed by atoms with Crippen LogP contribution in [0.1, 0.15) is 58.7 Å². The van der Waals surface area contributed by atoms with Crippen molar-refractivity contribution in [3.8, 4) is 5.75 Å². The van der Waals surface area contributed by atoms with Gasteiger partial charge in [0.05, 0.1) is 5.69 Å². The Kier molecular flexibility index (Phi) is 7.46. The maximum Gasteiger partial charge on any atom is 0.411 e. The van der Waals surface area contributed by atoms with Gasteiger partial charge in [-0.1, -0.05) is 57.2 Å². The summed E-state index contributed by atoms with van der Waals surface area (Å²) in [5.41, 5.74) is 1.98. The van der Waals surface area contributed by atoms with Gasteiger partial charge >= 0.3 is 6.09 Å². The lowest BCUT2D eigenvalue weighted by atomic mass is 9.86. The second kappa shape index (κ2) is 9.82. The Hall–Kier alpha value is -2.80. The molecular weight excluding hydrogens is 444 g/mol. The fourth-order valence-corrected chi connectivity index (χ4v) is 4.69. The van der Waals surface area contributed by atoms with Crippen molar-refractivity contribution >= 4 is 26.7 Å². The minimum atomic E-state index is -1.43. The lowest BCUT2D eigenvalue weighted by Gasteiger charge is -2.41. The van der Waals surface area contributed by atoms with Gasteiger partial charge in [0, 0.05) is 13.1 Å². The summed E-state index contributed by atoms with van der Waals surface area (Å²) in [5, 5.41) is 0. The fourth-order valence-electron chi connectivity index (χ4n) is 3.99. The zero-order chi connectivity index (χ0) is 25.3. The molecule has 2 aromatic carbocycles. The van der Waals surface area contributed by atoms with Crippen molar-refractivity contribution in [1.82, 2.24) is 4.90 Å². The molecule has 0 aliphatic carbocycles. The third-order valence-corrected chi connectivity index (χ3v) is 6.32. The molecule has 2 aromatic rings. The number of carbonyl (C=O) groups is 2. The second-order valence-electron chi connectivity index (χ2n) is 11.1. The molecule has 0 radical (unpaired) electrons. The summed E-state index contributed by atoms with van der Waals surface area (Å²) in [6.45, 7) is 16.9. The number of anilines is 1. The van der Waals surface area contributed by atoms with E-state index in [4.69, 9.17) is 9.16 Å². The van der Waals surface area contributed by atoms with Crippen LogP contribution in [0, 0.1) is 0 Å². The largest absolute Gasteiger partial charge is 0.546 e. The maximum atomic E-state index is 14.0. The van der Waals surface area contributed by atoms with Gasteiger partial charge in [-0.2, -0.15) is 0 Å². The van der Waals surface area contributed by atoms with Crippen molar-refractivity contribution in [2.45, 2.75) is 71.7 Å². The van der Waals surface area contributed by atoms with E-state index in [1.165, 1.54) is 0 Å². The van der Waals surface area contributed by atoms with Crippen molar-refractivity contribution in [2.24, 2.45) is 0 Å². The number of amides is 2. The van der Waals surface area contributed by atoms with Crippen molar-refractivity contribution in [2.75, 3.05) is 18.0 Å². The number of carbonyl (C=O) groups excluding carboxylic acids is 2. The first-order chi connectivity index (χ1) is 15.8. The molecule has 1 aliphatic heterocycles. The summed E-state index contributed by atoms with van der Waals surface area (Å²) in [6, 6.07) is 14.8. The molecule has 1 atom stereocenters. The van der Waals surface area contributed by atoms with Crippen LogP contribution >= 0.6 is 0 Å². The average molecular weight is 483 g/mol. The van der Waals surface area contributed by atoms with Crippen LogP contribution in [0.25, 0.3) is 0 Å². The van der Waals surface area contributed by atoms with Gasteiger partial charge in [-0.05, 0) is 62.5 Å². The van der Waals surface area contributed by atoms with Crippen LogP contribution in [0.4, 0.5) is 10.5 Å². The van der Waals surface area contributed by atoms with E-state index in [0.717, 1.165) is 22.6 Å². The zero-order valence-electron chi connectivity index (χ0n) is 21.7. The van der Waals surface area contributed by atoms with Crippen molar-refractivity contribution < 1.29 is 18.8 Å². The highest BCUT2D eigenvalue weighted by Crippen LogP contribution is 2.38. The zero-order valence-corrected chi connectivity index (χ0v) is 22.9. The molecule has 0 spiro atoms.